The molecule has 3 aliphatic rings. The van der Waals surface area contributed by atoms with Crippen molar-refractivity contribution in [1.82, 2.24) is 20.4 Å². The number of piperidine rings is 1. The molecule has 1 aliphatic carbocycles. The number of piperazine rings is 1. The van der Waals surface area contributed by atoms with Gasteiger partial charge in [0.2, 0.25) is 5.91 Å². The fourth-order valence-electron chi connectivity index (χ4n) is 4.10. The average Bonchev–Trinajstić information content (AvgIpc) is 3.08. The maximum absolute atomic E-state index is 12.8. The van der Waals surface area contributed by atoms with E-state index in [9.17, 15) is 9.59 Å². The van der Waals surface area contributed by atoms with Gasteiger partial charge in [-0.3, -0.25) is 4.79 Å². The van der Waals surface area contributed by atoms with Crippen LogP contribution in [0.3, 0.4) is 0 Å². The number of carbonyl (C=O) groups is 2. The lowest BCUT2D eigenvalue weighted by atomic mass is 9.95. The maximum Gasteiger partial charge on any atom is 0.317 e. The third-order valence-corrected chi connectivity index (χ3v) is 5.52. The fourth-order valence-corrected chi connectivity index (χ4v) is 4.10. The Morgan fingerprint density at radius 1 is 1.08 bits per heavy atom. The lowest BCUT2D eigenvalue weighted by molar-refractivity contribution is -0.139. The van der Waals surface area contributed by atoms with Gasteiger partial charge in [0, 0.05) is 44.8 Å². The molecule has 3 rings (SSSR count). The number of likely N-dealkylation sites (tertiary alicyclic amines) is 1. The van der Waals surface area contributed by atoms with E-state index >= 15 is 0 Å². The van der Waals surface area contributed by atoms with Crippen LogP contribution < -0.4 is 10.6 Å². The molecule has 2 heterocycles. The summed E-state index contributed by atoms with van der Waals surface area (Å²) in [5.74, 6) is 0.205. The number of urea groups is 1. The molecule has 1 saturated carbocycles. The Morgan fingerprint density at radius 2 is 1.83 bits per heavy atom. The Kier molecular flexibility index (Phi) is 7.16. The van der Waals surface area contributed by atoms with Crippen molar-refractivity contribution in [3.63, 3.8) is 0 Å². The molecule has 0 aromatic rings. The zero-order chi connectivity index (χ0) is 16.2. The van der Waals surface area contributed by atoms with Crippen LogP contribution in [0.5, 0.6) is 0 Å². The molecule has 6 nitrogen and oxygen atoms in total. The zero-order valence-corrected chi connectivity index (χ0v) is 15.4. The molecule has 2 N–H and O–H groups in total. The summed E-state index contributed by atoms with van der Waals surface area (Å²) < 4.78 is 0. The van der Waals surface area contributed by atoms with Crippen LogP contribution in [-0.2, 0) is 4.79 Å². The summed E-state index contributed by atoms with van der Waals surface area (Å²) in [4.78, 5) is 29.1. The molecule has 0 bridgehead atoms. The quantitative estimate of drug-likeness (QED) is 0.788. The molecular formula is C17H31ClN4O2. The first-order valence-electron chi connectivity index (χ1n) is 9.22. The van der Waals surface area contributed by atoms with E-state index in [1.54, 1.807) is 0 Å². The van der Waals surface area contributed by atoms with E-state index in [1.165, 1.54) is 12.8 Å². The molecular weight excluding hydrogens is 328 g/mol. The zero-order valence-electron chi connectivity index (χ0n) is 14.6. The number of nitrogens with one attached hydrogen (secondary N) is 2. The van der Waals surface area contributed by atoms with Crippen LogP contribution in [0.1, 0.15) is 45.4 Å². The molecule has 2 saturated heterocycles. The first-order chi connectivity index (χ1) is 11.1. The van der Waals surface area contributed by atoms with Crippen molar-refractivity contribution >= 4 is 24.3 Å². The highest BCUT2D eigenvalue weighted by molar-refractivity contribution is 5.85. The van der Waals surface area contributed by atoms with Gasteiger partial charge in [0.1, 0.15) is 0 Å². The standard InChI is InChI=1S/C17H30N4O2.ClH/c1-13-11-18-8-10-21(13)16(22)14-5-4-9-20(12-14)17(23)19-15-6-2-3-7-15;/h13-15,18H,2-12H2,1H3,(H,19,23);1H/t13-,14?;/m0./s1. The minimum Gasteiger partial charge on any atom is -0.337 e. The van der Waals surface area contributed by atoms with Gasteiger partial charge in [0.05, 0.1) is 5.92 Å². The fraction of sp³-hybridized carbons (Fsp3) is 0.882. The van der Waals surface area contributed by atoms with Crippen molar-refractivity contribution < 1.29 is 9.59 Å². The van der Waals surface area contributed by atoms with Crippen molar-refractivity contribution in [3.8, 4) is 0 Å². The topological polar surface area (TPSA) is 64.7 Å². The predicted molar refractivity (Wildman–Crippen MR) is 96.4 cm³/mol. The summed E-state index contributed by atoms with van der Waals surface area (Å²) in [5.41, 5.74) is 0. The number of halogens is 1. The third-order valence-electron chi connectivity index (χ3n) is 5.52. The lowest BCUT2D eigenvalue weighted by Gasteiger charge is -2.39. The molecule has 0 spiro atoms. The Labute approximate surface area is 151 Å². The van der Waals surface area contributed by atoms with Crippen LogP contribution in [0, 0.1) is 5.92 Å². The van der Waals surface area contributed by atoms with E-state index in [1.807, 2.05) is 9.80 Å². The molecule has 138 valence electrons. The van der Waals surface area contributed by atoms with Crippen LogP contribution in [0.15, 0.2) is 0 Å². The Bertz CT molecular complexity index is 442. The van der Waals surface area contributed by atoms with Gasteiger partial charge in [-0.25, -0.2) is 4.79 Å². The number of carbonyl (C=O) groups excluding carboxylic acids is 2. The van der Waals surface area contributed by atoms with Crippen molar-refractivity contribution in [2.45, 2.75) is 57.5 Å². The number of amides is 3. The van der Waals surface area contributed by atoms with E-state index < -0.39 is 0 Å². The van der Waals surface area contributed by atoms with Gasteiger partial charge < -0.3 is 20.4 Å². The van der Waals surface area contributed by atoms with Crippen LogP contribution in [-0.4, -0.2) is 66.5 Å². The van der Waals surface area contributed by atoms with Crippen LogP contribution in [0.25, 0.3) is 0 Å². The molecule has 1 unspecified atom stereocenters. The minimum absolute atomic E-state index is 0. The normalized spacial score (nSPS) is 28.4. The van der Waals surface area contributed by atoms with Gasteiger partial charge in [-0.15, -0.1) is 12.4 Å². The first-order valence-corrected chi connectivity index (χ1v) is 9.22. The Morgan fingerprint density at radius 3 is 2.54 bits per heavy atom. The molecule has 24 heavy (non-hydrogen) atoms. The van der Waals surface area contributed by atoms with Crippen molar-refractivity contribution in [3.05, 3.63) is 0 Å². The number of nitrogens with zero attached hydrogens (tertiary/aromatic N) is 2. The highest BCUT2D eigenvalue weighted by Crippen LogP contribution is 2.22. The van der Waals surface area contributed by atoms with Gasteiger partial charge in [0.15, 0.2) is 0 Å². The second kappa shape index (κ2) is 8.90. The number of hydrogen-bond donors (Lipinski definition) is 2. The second-order valence-electron chi connectivity index (χ2n) is 7.30. The average molecular weight is 359 g/mol. The number of hydrogen-bond acceptors (Lipinski definition) is 3. The van der Waals surface area contributed by atoms with Gasteiger partial charge >= 0.3 is 6.03 Å². The molecule has 7 heteroatoms. The molecule has 2 aliphatic heterocycles. The smallest absolute Gasteiger partial charge is 0.317 e. The monoisotopic (exact) mass is 358 g/mol. The highest BCUT2D eigenvalue weighted by Gasteiger charge is 2.34. The van der Waals surface area contributed by atoms with Crippen LogP contribution in [0.4, 0.5) is 4.79 Å². The Hall–Kier alpha value is -1.01. The van der Waals surface area contributed by atoms with E-state index in [4.69, 9.17) is 0 Å². The van der Waals surface area contributed by atoms with E-state index in [2.05, 4.69) is 17.6 Å². The molecule has 0 aromatic carbocycles. The van der Waals surface area contributed by atoms with E-state index in [0.29, 0.717) is 12.6 Å². The predicted octanol–water partition coefficient (Wildman–Crippen LogP) is 1.59. The van der Waals surface area contributed by atoms with Crippen molar-refractivity contribution in [2.75, 3.05) is 32.7 Å². The summed E-state index contributed by atoms with van der Waals surface area (Å²) in [7, 11) is 0. The Balaban J connectivity index is 0.00000208. The molecule has 3 amide bonds. The lowest BCUT2D eigenvalue weighted by Crippen LogP contribution is -2.56. The van der Waals surface area contributed by atoms with Crippen LogP contribution >= 0.6 is 12.4 Å². The van der Waals surface area contributed by atoms with Crippen LogP contribution in [0.2, 0.25) is 0 Å². The van der Waals surface area contributed by atoms with Crippen molar-refractivity contribution in [1.29, 1.82) is 0 Å². The maximum atomic E-state index is 12.8. The van der Waals surface area contributed by atoms with Gasteiger partial charge in [-0.05, 0) is 32.6 Å². The van der Waals surface area contributed by atoms with Gasteiger partial charge in [0.25, 0.3) is 0 Å². The molecule has 2 atom stereocenters. The summed E-state index contributed by atoms with van der Waals surface area (Å²) in [6.45, 7) is 5.97. The number of rotatable bonds is 2. The minimum atomic E-state index is -0.0290. The highest BCUT2D eigenvalue weighted by atomic mass is 35.5. The first kappa shape index (κ1) is 19.3. The summed E-state index contributed by atoms with van der Waals surface area (Å²) in [6, 6.07) is 0.619. The summed E-state index contributed by atoms with van der Waals surface area (Å²) in [5, 5.41) is 6.47. The largest absolute Gasteiger partial charge is 0.337 e. The van der Waals surface area contributed by atoms with E-state index in [-0.39, 0.29) is 36.3 Å². The molecule has 3 fully saturated rings. The SMILES string of the molecule is C[C@H]1CNCCN1C(=O)C1CCCN(C(=O)NC2CCCC2)C1.Cl. The van der Waals surface area contributed by atoms with Crippen molar-refractivity contribution in [2.24, 2.45) is 5.92 Å². The third kappa shape index (κ3) is 4.54. The summed E-state index contributed by atoms with van der Waals surface area (Å²) in [6.07, 6.45) is 6.46. The molecule has 0 radical (unpaired) electrons. The van der Waals surface area contributed by atoms with Gasteiger partial charge in [-0.2, -0.15) is 0 Å². The molecule has 0 aromatic heterocycles. The second-order valence-corrected chi connectivity index (χ2v) is 7.30. The van der Waals surface area contributed by atoms with Gasteiger partial charge in [-0.1, -0.05) is 12.8 Å². The summed E-state index contributed by atoms with van der Waals surface area (Å²) >= 11 is 0. The van der Waals surface area contributed by atoms with E-state index in [0.717, 1.165) is 51.9 Å².